The van der Waals surface area contributed by atoms with E-state index in [0.717, 1.165) is 11.5 Å². The molecule has 1 heteroatoms. The standard InChI is InChI=1S/C16H11O/c1-2-8-15(9-3-1)17-16-11-10-13-6-4-5-7-14(13)12-16/h1-8,10-12H. The normalized spacial score (nSPS) is 10.4. The summed E-state index contributed by atoms with van der Waals surface area (Å²) < 4.78 is 5.73. The number of ether oxygens (including phenoxy) is 1. The van der Waals surface area contributed by atoms with Gasteiger partial charge in [-0.15, -0.1) is 0 Å². The molecule has 0 amide bonds. The molecule has 0 atom stereocenters. The highest BCUT2D eigenvalue weighted by Gasteiger charge is 1.98. The molecule has 0 unspecified atom stereocenters. The zero-order valence-electron chi connectivity index (χ0n) is 9.26. The Morgan fingerprint density at radius 1 is 0.765 bits per heavy atom. The lowest BCUT2D eigenvalue weighted by molar-refractivity contribution is 0.482. The van der Waals surface area contributed by atoms with E-state index in [-0.39, 0.29) is 0 Å². The van der Waals surface area contributed by atoms with Gasteiger partial charge >= 0.3 is 0 Å². The molecule has 3 aromatic carbocycles. The van der Waals surface area contributed by atoms with Gasteiger partial charge in [0, 0.05) is 6.07 Å². The van der Waals surface area contributed by atoms with Crippen molar-refractivity contribution in [2.24, 2.45) is 0 Å². The van der Waals surface area contributed by atoms with E-state index in [2.05, 4.69) is 24.3 Å². The Balaban J connectivity index is 1.96. The van der Waals surface area contributed by atoms with Crippen LogP contribution in [0, 0.1) is 6.07 Å². The monoisotopic (exact) mass is 219 g/mol. The van der Waals surface area contributed by atoms with Crippen molar-refractivity contribution >= 4 is 10.8 Å². The van der Waals surface area contributed by atoms with Crippen molar-refractivity contribution in [2.45, 2.75) is 0 Å². The van der Waals surface area contributed by atoms with Crippen LogP contribution in [-0.2, 0) is 0 Å². The second-order valence-electron chi connectivity index (χ2n) is 3.84. The summed E-state index contributed by atoms with van der Waals surface area (Å²) in [5.74, 6) is 1.58. The van der Waals surface area contributed by atoms with Gasteiger partial charge in [0.15, 0.2) is 0 Å². The van der Waals surface area contributed by atoms with Crippen molar-refractivity contribution in [1.82, 2.24) is 0 Å². The van der Waals surface area contributed by atoms with Crippen molar-refractivity contribution in [3.8, 4) is 11.5 Å². The molecule has 0 saturated heterocycles. The minimum Gasteiger partial charge on any atom is -0.457 e. The van der Waals surface area contributed by atoms with Gasteiger partial charge in [0.1, 0.15) is 11.5 Å². The van der Waals surface area contributed by atoms with Crippen molar-refractivity contribution in [3.05, 3.63) is 72.8 Å². The second kappa shape index (κ2) is 4.30. The summed E-state index contributed by atoms with van der Waals surface area (Å²) in [5, 5.41) is 2.40. The van der Waals surface area contributed by atoms with Crippen LogP contribution in [0.2, 0.25) is 0 Å². The molecule has 0 bridgehead atoms. The molecule has 0 aliphatic rings. The molecule has 0 N–H and O–H groups in total. The summed E-state index contributed by atoms with van der Waals surface area (Å²) in [6.45, 7) is 0. The average molecular weight is 219 g/mol. The molecule has 0 spiro atoms. The van der Waals surface area contributed by atoms with Crippen LogP contribution in [0.15, 0.2) is 66.7 Å². The van der Waals surface area contributed by atoms with Gasteiger partial charge in [-0.3, -0.25) is 0 Å². The third kappa shape index (κ3) is 2.13. The second-order valence-corrected chi connectivity index (χ2v) is 3.84. The van der Waals surface area contributed by atoms with Gasteiger partial charge in [-0.1, -0.05) is 48.5 Å². The Labute approximate surface area is 100 Å². The van der Waals surface area contributed by atoms with Gasteiger partial charge in [0.25, 0.3) is 0 Å². The first-order valence-electron chi connectivity index (χ1n) is 5.55. The van der Waals surface area contributed by atoms with Gasteiger partial charge in [0.05, 0.1) is 0 Å². The first kappa shape index (κ1) is 9.91. The van der Waals surface area contributed by atoms with Crippen LogP contribution in [0.5, 0.6) is 11.5 Å². The highest BCUT2D eigenvalue weighted by Crippen LogP contribution is 2.24. The first-order valence-corrected chi connectivity index (χ1v) is 5.55. The maximum atomic E-state index is 5.73. The van der Waals surface area contributed by atoms with Crippen LogP contribution in [-0.4, -0.2) is 0 Å². The van der Waals surface area contributed by atoms with E-state index in [1.165, 1.54) is 10.8 Å². The zero-order chi connectivity index (χ0) is 11.5. The smallest absolute Gasteiger partial charge is 0.135 e. The fourth-order valence-corrected chi connectivity index (χ4v) is 1.80. The van der Waals surface area contributed by atoms with Gasteiger partial charge in [-0.05, 0) is 29.0 Å². The number of hydrogen-bond acceptors (Lipinski definition) is 1. The molecule has 0 aliphatic carbocycles. The predicted octanol–water partition coefficient (Wildman–Crippen LogP) is 4.43. The topological polar surface area (TPSA) is 9.23 Å². The molecule has 81 valence electrons. The zero-order valence-corrected chi connectivity index (χ0v) is 9.26. The van der Waals surface area contributed by atoms with E-state index in [1.54, 1.807) is 0 Å². The Morgan fingerprint density at radius 2 is 1.59 bits per heavy atom. The maximum absolute atomic E-state index is 5.73. The molecule has 3 aromatic rings. The summed E-state index contributed by atoms with van der Waals surface area (Å²) in [5.41, 5.74) is 0. The SMILES string of the molecule is [c]1ccccc1Oc1ccc2ccccc2c1. The van der Waals surface area contributed by atoms with Gasteiger partial charge in [-0.2, -0.15) is 0 Å². The van der Waals surface area contributed by atoms with Crippen LogP contribution in [0.25, 0.3) is 10.8 Å². The van der Waals surface area contributed by atoms with Crippen molar-refractivity contribution in [2.75, 3.05) is 0 Å². The van der Waals surface area contributed by atoms with Crippen LogP contribution in [0.4, 0.5) is 0 Å². The van der Waals surface area contributed by atoms with Gasteiger partial charge < -0.3 is 4.74 Å². The van der Waals surface area contributed by atoms with E-state index < -0.39 is 0 Å². The quantitative estimate of drug-likeness (QED) is 0.619. The number of benzene rings is 3. The minimum atomic E-state index is 0.739. The molecular weight excluding hydrogens is 208 g/mol. The molecular formula is C16H11O. The van der Waals surface area contributed by atoms with Crippen LogP contribution < -0.4 is 4.74 Å². The van der Waals surface area contributed by atoms with E-state index in [0.29, 0.717) is 0 Å². The summed E-state index contributed by atoms with van der Waals surface area (Å²) in [4.78, 5) is 0. The molecule has 0 heterocycles. The van der Waals surface area contributed by atoms with Gasteiger partial charge in [0.2, 0.25) is 0 Å². The summed E-state index contributed by atoms with van der Waals surface area (Å²) in [6, 6.07) is 25.0. The highest BCUT2D eigenvalue weighted by molar-refractivity contribution is 5.83. The Morgan fingerprint density at radius 3 is 2.41 bits per heavy atom. The lowest BCUT2D eigenvalue weighted by Gasteiger charge is -2.06. The molecule has 17 heavy (non-hydrogen) atoms. The van der Waals surface area contributed by atoms with E-state index in [9.17, 15) is 0 Å². The molecule has 0 aromatic heterocycles. The van der Waals surface area contributed by atoms with Crippen LogP contribution >= 0.6 is 0 Å². The van der Waals surface area contributed by atoms with E-state index in [4.69, 9.17) is 4.74 Å². The highest BCUT2D eigenvalue weighted by atomic mass is 16.5. The third-order valence-electron chi connectivity index (χ3n) is 2.63. The number of hydrogen-bond donors (Lipinski definition) is 0. The lowest BCUT2D eigenvalue weighted by Crippen LogP contribution is -1.83. The van der Waals surface area contributed by atoms with Crippen LogP contribution in [0.1, 0.15) is 0 Å². The summed E-state index contributed by atoms with van der Waals surface area (Å²) in [6.07, 6.45) is 0. The Bertz CT molecular complexity index is 629. The summed E-state index contributed by atoms with van der Waals surface area (Å²) >= 11 is 0. The summed E-state index contributed by atoms with van der Waals surface area (Å²) in [7, 11) is 0. The molecule has 1 nitrogen and oxygen atoms in total. The van der Waals surface area contributed by atoms with Gasteiger partial charge in [-0.25, -0.2) is 0 Å². The van der Waals surface area contributed by atoms with Crippen molar-refractivity contribution < 1.29 is 4.74 Å². The fourth-order valence-electron chi connectivity index (χ4n) is 1.80. The fraction of sp³-hybridized carbons (Fsp3) is 0. The number of para-hydroxylation sites is 1. The van der Waals surface area contributed by atoms with E-state index in [1.807, 2.05) is 48.5 Å². The predicted molar refractivity (Wildman–Crippen MR) is 69.3 cm³/mol. The lowest BCUT2D eigenvalue weighted by atomic mass is 10.1. The van der Waals surface area contributed by atoms with E-state index >= 15 is 0 Å². The Kier molecular flexibility index (Phi) is 2.51. The first-order chi connectivity index (χ1) is 8.42. The van der Waals surface area contributed by atoms with Crippen LogP contribution in [0.3, 0.4) is 0 Å². The maximum Gasteiger partial charge on any atom is 0.135 e. The van der Waals surface area contributed by atoms with Crippen molar-refractivity contribution in [1.29, 1.82) is 0 Å². The van der Waals surface area contributed by atoms with Crippen molar-refractivity contribution in [3.63, 3.8) is 0 Å². The average Bonchev–Trinajstić information content (AvgIpc) is 2.40. The number of fused-ring (bicyclic) bond motifs is 1. The molecule has 0 saturated carbocycles. The Hall–Kier alpha value is -2.28. The minimum absolute atomic E-state index is 0.739. The third-order valence-corrected chi connectivity index (χ3v) is 2.63. The molecule has 1 radical (unpaired) electrons. The molecule has 0 fully saturated rings. The number of rotatable bonds is 2. The largest absolute Gasteiger partial charge is 0.457 e. The molecule has 3 rings (SSSR count). The molecule has 0 aliphatic heterocycles.